The van der Waals surface area contributed by atoms with Gasteiger partial charge < -0.3 is 10.8 Å². The van der Waals surface area contributed by atoms with Crippen molar-refractivity contribution in [1.29, 1.82) is 0 Å². The van der Waals surface area contributed by atoms with Gasteiger partial charge in [-0.25, -0.2) is 0 Å². The first kappa shape index (κ1) is 15.5. The second-order valence-electron chi connectivity index (χ2n) is 6.12. The monoisotopic (exact) mass is 255 g/mol. The minimum atomic E-state index is -0.719. The maximum atomic E-state index is 10.7. The van der Waals surface area contributed by atoms with Gasteiger partial charge in [-0.2, -0.15) is 0 Å². The Morgan fingerprint density at radius 3 is 2.61 bits per heavy atom. The van der Waals surface area contributed by atoms with Gasteiger partial charge in [0.25, 0.3) is 0 Å². The first-order chi connectivity index (χ1) is 8.61. The van der Waals surface area contributed by atoms with Gasteiger partial charge >= 0.3 is 5.97 Å². The minimum absolute atomic E-state index is 0.156. The molecule has 3 heteroatoms. The number of carbonyl (C=O) groups is 1. The van der Waals surface area contributed by atoms with Crippen molar-refractivity contribution in [2.45, 2.75) is 64.7 Å². The predicted octanol–water partition coefficient (Wildman–Crippen LogP) is 3.42. The number of carboxylic acid groups (broad SMARTS) is 1. The van der Waals surface area contributed by atoms with Crippen LogP contribution in [-0.2, 0) is 4.79 Å². The molecule has 0 spiro atoms. The molecule has 3 N–H and O–H groups in total. The molecular weight excluding hydrogens is 226 g/mol. The van der Waals surface area contributed by atoms with Gasteiger partial charge in [0.1, 0.15) is 0 Å². The second kappa shape index (κ2) is 8.52. The third-order valence-electron chi connectivity index (χ3n) is 4.32. The molecule has 3 nitrogen and oxygen atoms in total. The molecule has 0 bridgehead atoms. The van der Waals surface area contributed by atoms with Crippen molar-refractivity contribution >= 4 is 5.97 Å². The van der Waals surface area contributed by atoms with Crippen LogP contribution >= 0.6 is 0 Å². The van der Waals surface area contributed by atoms with E-state index in [9.17, 15) is 4.79 Å². The van der Waals surface area contributed by atoms with Crippen LogP contribution in [0.1, 0.15) is 64.7 Å². The smallest absolute Gasteiger partial charge is 0.303 e. The molecule has 0 saturated heterocycles. The lowest BCUT2D eigenvalue weighted by Gasteiger charge is -2.18. The molecule has 1 aliphatic carbocycles. The zero-order valence-corrected chi connectivity index (χ0v) is 11.7. The van der Waals surface area contributed by atoms with Gasteiger partial charge in [0.2, 0.25) is 0 Å². The van der Waals surface area contributed by atoms with E-state index < -0.39 is 5.97 Å². The van der Waals surface area contributed by atoms with Crippen LogP contribution < -0.4 is 5.73 Å². The second-order valence-corrected chi connectivity index (χ2v) is 6.12. The highest BCUT2D eigenvalue weighted by Crippen LogP contribution is 2.30. The van der Waals surface area contributed by atoms with Crippen LogP contribution in [0.2, 0.25) is 0 Å². The largest absolute Gasteiger partial charge is 0.481 e. The summed E-state index contributed by atoms with van der Waals surface area (Å²) in [4.78, 5) is 10.7. The van der Waals surface area contributed by atoms with Gasteiger partial charge in [0, 0.05) is 6.42 Å². The highest BCUT2D eigenvalue weighted by Gasteiger charge is 2.17. The first-order valence-electron chi connectivity index (χ1n) is 7.53. The maximum absolute atomic E-state index is 10.7. The van der Waals surface area contributed by atoms with E-state index in [1.54, 1.807) is 0 Å². The summed E-state index contributed by atoms with van der Waals surface area (Å²) in [5.41, 5.74) is 5.63. The summed E-state index contributed by atoms with van der Waals surface area (Å²) < 4.78 is 0. The summed E-state index contributed by atoms with van der Waals surface area (Å²) >= 11 is 0. The van der Waals surface area contributed by atoms with Gasteiger partial charge in [0.15, 0.2) is 0 Å². The van der Waals surface area contributed by atoms with E-state index in [-0.39, 0.29) is 12.3 Å². The summed E-state index contributed by atoms with van der Waals surface area (Å²) in [5.74, 6) is 1.02. The Kier molecular flexibility index (Phi) is 7.33. The van der Waals surface area contributed by atoms with Crippen molar-refractivity contribution in [3.05, 3.63) is 0 Å². The van der Waals surface area contributed by atoms with E-state index in [2.05, 4.69) is 6.92 Å². The average molecular weight is 255 g/mol. The van der Waals surface area contributed by atoms with Crippen molar-refractivity contribution in [3.8, 4) is 0 Å². The molecule has 1 saturated carbocycles. The first-order valence-corrected chi connectivity index (χ1v) is 7.53. The number of nitrogens with two attached hydrogens (primary N) is 1. The number of hydrogen-bond donors (Lipinski definition) is 2. The lowest BCUT2D eigenvalue weighted by Crippen LogP contribution is -2.20. The minimum Gasteiger partial charge on any atom is -0.481 e. The molecule has 106 valence electrons. The molecule has 0 unspecified atom stereocenters. The summed E-state index contributed by atoms with van der Waals surface area (Å²) in [6, 6.07) is 0. The predicted molar refractivity (Wildman–Crippen MR) is 74.4 cm³/mol. The topological polar surface area (TPSA) is 63.3 Å². The fourth-order valence-electron chi connectivity index (χ4n) is 3.25. The molecule has 1 rings (SSSR count). The zero-order chi connectivity index (χ0) is 13.4. The molecule has 0 heterocycles. The van der Waals surface area contributed by atoms with Crippen LogP contribution in [0.5, 0.6) is 0 Å². The van der Waals surface area contributed by atoms with E-state index in [4.69, 9.17) is 10.8 Å². The van der Waals surface area contributed by atoms with E-state index in [0.29, 0.717) is 12.5 Å². The Morgan fingerprint density at radius 1 is 1.39 bits per heavy atom. The molecular formula is C15H29NO2. The number of hydrogen-bond acceptors (Lipinski definition) is 2. The molecule has 1 fully saturated rings. The Morgan fingerprint density at radius 2 is 2.06 bits per heavy atom. The zero-order valence-electron chi connectivity index (χ0n) is 11.7. The maximum Gasteiger partial charge on any atom is 0.303 e. The van der Waals surface area contributed by atoms with Gasteiger partial charge in [-0.05, 0) is 30.7 Å². The quantitative estimate of drug-likeness (QED) is 0.663. The van der Waals surface area contributed by atoms with Crippen molar-refractivity contribution in [3.63, 3.8) is 0 Å². The van der Waals surface area contributed by atoms with E-state index in [1.165, 1.54) is 44.9 Å². The van der Waals surface area contributed by atoms with Gasteiger partial charge in [0.05, 0.1) is 0 Å². The summed E-state index contributed by atoms with van der Waals surface area (Å²) in [5, 5.41) is 8.79. The molecule has 0 aromatic rings. The van der Waals surface area contributed by atoms with Crippen LogP contribution in [0.3, 0.4) is 0 Å². The Balaban J connectivity index is 2.10. The van der Waals surface area contributed by atoms with Crippen LogP contribution in [0.15, 0.2) is 0 Å². The Labute approximate surface area is 111 Å². The van der Waals surface area contributed by atoms with E-state index in [0.717, 1.165) is 12.3 Å². The lowest BCUT2D eigenvalue weighted by molar-refractivity contribution is -0.138. The average Bonchev–Trinajstić information content (AvgIpc) is 2.80. The third kappa shape index (κ3) is 6.39. The molecule has 0 radical (unpaired) electrons. The van der Waals surface area contributed by atoms with Gasteiger partial charge in [-0.3, -0.25) is 4.79 Å². The SMILES string of the molecule is C[C@H](CCCC1CCCC1)C[C@H](CN)CC(=O)O. The fourth-order valence-corrected chi connectivity index (χ4v) is 3.25. The fraction of sp³-hybridized carbons (Fsp3) is 0.933. The molecule has 0 aromatic heterocycles. The summed E-state index contributed by atoms with van der Waals surface area (Å²) in [6.45, 7) is 2.73. The number of rotatable bonds is 9. The number of carboxylic acids is 1. The molecule has 18 heavy (non-hydrogen) atoms. The van der Waals surface area contributed by atoms with Crippen LogP contribution in [0, 0.1) is 17.8 Å². The Bertz CT molecular complexity index is 237. The van der Waals surface area contributed by atoms with E-state index >= 15 is 0 Å². The van der Waals surface area contributed by atoms with Crippen molar-refractivity contribution < 1.29 is 9.90 Å². The standard InChI is InChI=1S/C15H29NO2/c1-12(9-14(11-16)10-15(17)18)5-4-8-13-6-2-3-7-13/h12-14H,2-11,16H2,1H3,(H,17,18)/t12-,14+/m1/s1. The van der Waals surface area contributed by atoms with E-state index in [1.807, 2.05) is 0 Å². The normalized spacial score (nSPS) is 19.9. The highest BCUT2D eigenvalue weighted by atomic mass is 16.4. The van der Waals surface area contributed by atoms with Crippen LogP contribution in [0.25, 0.3) is 0 Å². The number of aliphatic carboxylic acids is 1. The Hall–Kier alpha value is -0.570. The van der Waals surface area contributed by atoms with Crippen molar-refractivity contribution in [2.75, 3.05) is 6.54 Å². The third-order valence-corrected chi connectivity index (χ3v) is 4.32. The molecule has 2 atom stereocenters. The molecule has 0 aliphatic heterocycles. The van der Waals surface area contributed by atoms with Gasteiger partial charge in [-0.15, -0.1) is 0 Å². The van der Waals surface area contributed by atoms with Gasteiger partial charge in [-0.1, -0.05) is 51.9 Å². The molecule has 1 aliphatic rings. The summed E-state index contributed by atoms with van der Waals surface area (Å²) in [7, 11) is 0. The molecule has 0 aromatic carbocycles. The molecule has 0 amide bonds. The van der Waals surface area contributed by atoms with Crippen molar-refractivity contribution in [2.24, 2.45) is 23.5 Å². The van der Waals surface area contributed by atoms with Crippen molar-refractivity contribution in [1.82, 2.24) is 0 Å². The van der Waals surface area contributed by atoms with Crippen LogP contribution in [0.4, 0.5) is 0 Å². The summed E-state index contributed by atoms with van der Waals surface area (Å²) in [6.07, 6.45) is 10.8. The lowest BCUT2D eigenvalue weighted by atomic mass is 9.88. The highest BCUT2D eigenvalue weighted by molar-refractivity contribution is 5.67. The van der Waals surface area contributed by atoms with Crippen LogP contribution in [-0.4, -0.2) is 17.6 Å².